The van der Waals surface area contributed by atoms with E-state index in [-0.39, 0.29) is 24.8 Å². The van der Waals surface area contributed by atoms with Crippen molar-refractivity contribution in [3.05, 3.63) is 12.2 Å². The molecule has 0 saturated heterocycles. The Hall–Kier alpha value is -1.85. The molecular formula is C24H40N2O4. The summed E-state index contributed by atoms with van der Waals surface area (Å²) in [6, 6.07) is 0. The first-order valence-electron chi connectivity index (χ1n) is 11.9. The van der Waals surface area contributed by atoms with Gasteiger partial charge >= 0.3 is 5.97 Å². The van der Waals surface area contributed by atoms with E-state index >= 15 is 0 Å². The summed E-state index contributed by atoms with van der Waals surface area (Å²) in [5.41, 5.74) is 0. The average molecular weight is 421 g/mol. The van der Waals surface area contributed by atoms with Crippen LogP contribution in [0.2, 0.25) is 0 Å². The summed E-state index contributed by atoms with van der Waals surface area (Å²) in [4.78, 5) is 34.6. The molecule has 6 nitrogen and oxygen atoms in total. The van der Waals surface area contributed by atoms with Crippen molar-refractivity contribution in [2.45, 2.75) is 84.0 Å². The number of carboxylic acid groups (broad SMARTS) is 1. The Labute approximate surface area is 181 Å². The Morgan fingerprint density at radius 3 is 2.40 bits per heavy atom. The van der Waals surface area contributed by atoms with Crippen LogP contribution >= 0.6 is 0 Å². The van der Waals surface area contributed by atoms with Crippen LogP contribution in [-0.4, -0.2) is 36.0 Å². The first kappa shape index (κ1) is 24.4. The summed E-state index contributed by atoms with van der Waals surface area (Å²) in [5.74, 6) is 1.71. The van der Waals surface area contributed by atoms with Crippen LogP contribution in [0.15, 0.2) is 12.2 Å². The summed E-state index contributed by atoms with van der Waals surface area (Å²) in [5, 5.41) is 14.5. The van der Waals surface area contributed by atoms with Crippen molar-refractivity contribution in [2.75, 3.05) is 13.1 Å². The molecule has 4 atom stereocenters. The third kappa shape index (κ3) is 8.49. The number of hydrogen-bond acceptors (Lipinski definition) is 3. The predicted octanol–water partition coefficient (Wildman–Crippen LogP) is 4.05. The van der Waals surface area contributed by atoms with Gasteiger partial charge in [-0.2, -0.15) is 0 Å². The van der Waals surface area contributed by atoms with E-state index in [1.165, 1.54) is 19.3 Å². The molecule has 0 aliphatic heterocycles. The summed E-state index contributed by atoms with van der Waals surface area (Å²) >= 11 is 0. The number of fused-ring (bicyclic) bond motifs is 2. The lowest BCUT2D eigenvalue weighted by Gasteiger charge is -2.30. The first-order chi connectivity index (χ1) is 14.5. The lowest BCUT2D eigenvalue weighted by molar-refractivity contribution is -0.137. The Kier molecular flexibility index (Phi) is 11.0. The van der Waals surface area contributed by atoms with Crippen LogP contribution in [-0.2, 0) is 14.4 Å². The van der Waals surface area contributed by atoms with Gasteiger partial charge in [0, 0.05) is 19.4 Å². The summed E-state index contributed by atoms with van der Waals surface area (Å²) in [6.07, 6.45) is 15.6. The third-order valence-electron chi connectivity index (χ3n) is 6.85. The number of carboxylic acids is 1. The number of aliphatic carboxylic acids is 1. The van der Waals surface area contributed by atoms with Crippen LogP contribution in [0.25, 0.3) is 0 Å². The average Bonchev–Trinajstić information content (AvgIpc) is 3.32. The zero-order valence-corrected chi connectivity index (χ0v) is 18.5. The van der Waals surface area contributed by atoms with Gasteiger partial charge in [-0.1, -0.05) is 38.3 Å². The minimum Gasteiger partial charge on any atom is -0.481 e. The van der Waals surface area contributed by atoms with Gasteiger partial charge in [-0.25, -0.2) is 0 Å². The van der Waals surface area contributed by atoms with Crippen LogP contribution in [0.1, 0.15) is 84.0 Å². The summed E-state index contributed by atoms with van der Waals surface area (Å²) in [7, 11) is 0. The van der Waals surface area contributed by atoms with Gasteiger partial charge in [0.2, 0.25) is 11.8 Å². The molecule has 2 amide bonds. The summed E-state index contributed by atoms with van der Waals surface area (Å²) < 4.78 is 0. The molecule has 0 heterocycles. The minimum absolute atomic E-state index is 0.0351. The number of carbonyl (C=O) groups is 3. The SMILES string of the molecule is CCCCCCC(=O)NCC(=O)NC[C@H]1C(C/C=C\CCCC(=O)O)C2CC[C@@H]1C2. The fraction of sp³-hybridized carbons (Fsp3) is 0.792. The van der Waals surface area contributed by atoms with Crippen LogP contribution in [0, 0.1) is 23.7 Å². The van der Waals surface area contributed by atoms with Gasteiger partial charge in [0.1, 0.15) is 0 Å². The Bertz CT molecular complexity index is 590. The van der Waals surface area contributed by atoms with Crippen molar-refractivity contribution in [1.29, 1.82) is 0 Å². The molecule has 2 aliphatic rings. The molecule has 2 bridgehead atoms. The van der Waals surface area contributed by atoms with E-state index in [0.29, 0.717) is 37.1 Å². The second-order valence-electron chi connectivity index (χ2n) is 9.05. The van der Waals surface area contributed by atoms with E-state index < -0.39 is 5.97 Å². The van der Waals surface area contributed by atoms with Crippen molar-refractivity contribution in [3.8, 4) is 0 Å². The number of rotatable bonds is 15. The van der Waals surface area contributed by atoms with E-state index in [2.05, 4.69) is 29.7 Å². The molecule has 2 fully saturated rings. The lowest BCUT2D eigenvalue weighted by atomic mass is 9.77. The molecule has 3 N–H and O–H groups in total. The van der Waals surface area contributed by atoms with Gasteiger partial charge in [-0.3, -0.25) is 14.4 Å². The van der Waals surface area contributed by atoms with Crippen molar-refractivity contribution < 1.29 is 19.5 Å². The zero-order chi connectivity index (χ0) is 21.8. The van der Waals surface area contributed by atoms with Crippen LogP contribution < -0.4 is 10.6 Å². The Morgan fingerprint density at radius 1 is 0.900 bits per heavy atom. The highest BCUT2D eigenvalue weighted by molar-refractivity contribution is 5.84. The number of carbonyl (C=O) groups excluding carboxylic acids is 2. The van der Waals surface area contributed by atoms with Gasteiger partial charge < -0.3 is 15.7 Å². The highest BCUT2D eigenvalue weighted by Gasteiger charge is 2.46. The topological polar surface area (TPSA) is 95.5 Å². The highest BCUT2D eigenvalue weighted by Crippen LogP contribution is 2.53. The monoisotopic (exact) mass is 420 g/mol. The molecule has 2 unspecified atom stereocenters. The molecule has 2 aliphatic carbocycles. The fourth-order valence-corrected chi connectivity index (χ4v) is 5.23. The number of hydrogen-bond donors (Lipinski definition) is 3. The Balaban J connectivity index is 1.66. The van der Waals surface area contributed by atoms with Gasteiger partial charge in [0.05, 0.1) is 6.54 Å². The largest absolute Gasteiger partial charge is 0.481 e. The van der Waals surface area contributed by atoms with Crippen LogP contribution in [0.3, 0.4) is 0 Å². The molecule has 0 aromatic heterocycles. The molecule has 30 heavy (non-hydrogen) atoms. The Morgan fingerprint density at radius 2 is 1.67 bits per heavy atom. The van der Waals surface area contributed by atoms with E-state index in [0.717, 1.165) is 44.4 Å². The zero-order valence-electron chi connectivity index (χ0n) is 18.5. The lowest BCUT2D eigenvalue weighted by Crippen LogP contribution is -2.41. The van der Waals surface area contributed by atoms with Crippen molar-refractivity contribution in [1.82, 2.24) is 10.6 Å². The number of nitrogens with one attached hydrogen (secondary N) is 2. The van der Waals surface area contributed by atoms with Gasteiger partial charge in [-0.15, -0.1) is 0 Å². The fourth-order valence-electron chi connectivity index (χ4n) is 5.23. The second kappa shape index (κ2) is 13.5. The molecule has 170 valence electrons. The number of amides is 2. The molecule has 6 heteroatoms. The van der Waals surface area contributed by atoms with E-state index in [1.807, 2.05) is 0 Å². The van der Waals surface area contributed by atoms with Crippen LogP contribution in [0.4, 0.5) is 0 Å². The van der Waals surface area contributed by atoms with E-state index in [9.17, 15) is 14.4 Å². The molecule has 0 spiro atoms. The number of allylic oxidation sites excluding steroid dienone is 2. The quantitative estimate of drug-likeness (QED) is 0.275. The summed E-state index contributed by atoms with van der Waals surface area (Å²) in [6.45, 7) is 2.91. The van der Waals surface area contributed by atoms with Crippen molar-refractivity contribution in [2.24, 2.45) is 23.7 Å². The smallest absolute Gasteiger partial charge is 0.303 e. The maximum atomic E-state index is 12.2. The third-order valence-corrected chi connectivity index (χ3v) is 6.85. The first-order valence-corrected chi connectivity index (χ1v) is 11.9. The highest BCUT2D eigenvalue weighted by atomic mass is 16.4. The molecule has 2 rings (SSSR count). The maximum absolute atomic E-state index is 12.2. The molecule has 0 aromatic rings. The molecule has 0 radical (unpaired) electrons. The maximum Gasteiger partial charge on any atom is 0.303 e. The number of unbranched alkanes of at least 4 members (excludes halogenated alkanes) is 4. The second-order valence-corrected chi connectivity index (χ2v) is 9.05. The van der Waals surface area contributed by atoms with E-state index in [4.69, 9.17) is 5.11 Å². The molecule has 2 saturated carbocycles. The van der Waals surface area contributed by atoms with Gasteiger partial charge in [0.25, 0.3) is 0 Å². The van der Waals surface area contributed by atoms with Gasteiger partial charge in [-0.05, 0) is 68.6 Å². The van der Waals surface area contributed by atoms with Crippen molar-refractivity contribution in [3.63, 3.8) is 0 Å². The van der Waals surface area contributed by atoms with Crippen LogP contribution in [0.5, 0.6) is 0 Å². The standard InChI is InChI=1S/C24H40N2O4/c1-2-3-4-8-11-22(27)26-17-23(28)25-16-21-19-14-13-18(15-19)20(21)10-7-5-6-9-12-24(29)30/h5,7,18-21H,2-4,6,8-17H2,1H3,(H,25,28)(H,26,27)(H,29,30)/b7-5-/t18?,19-,20?,21-/m1/s1. The van der Waals surface area contributed by atoms with E-state index in [1.54, 1.807) is 0 Å². The molecule has 0 aromatic carbocycles. The molecular weight excluding hydrogens is 380 g/mol. The van der Waals surface area contributed by atoms with Gasteiger partial charge in [0.15, 0.2) is 0 Å². The normalized spacial score (nSPS) is 25.0. The van der Waals surface area contributed by atoms with Crippen molar-refractivity contribution >= 4 is 17.8 Å². The minimum atomic E-state index is -0.736. The predicted molar refractivity (Wildman–Crippen MR) is 118 cm³/mol.